The summed E-state index contributed by atoms with van der Waals surface area (Å²) in [6.45, 7) is 2.14. The van der Waals surface area contributed by atoms with Crippen LogP contribution in [0, 0.1) is 0 Å². The summed E-state index contributed by atoms with van der Waals surface area (Å²) in [4.78, 5) is 20.1. The lowest BCUT2D eigenvalue weighted by molar-refractivity contribution is 0.0541. The summed E-state index contributed by atoms with van der Waals surface area (Å²) in [6, 6.07) is 22.6. The first-order valence-electron chi connectivity index (χ1n) is 8.67. The number of fused-ring (bicyclic) bond motifs is 5. The maximum atomic E-state index is 13.3. The van der Waals surface area contributed by atoms with E-state index >= 15 is 0 Å². The largest absolute Gasteiger partial charge is 0.316 e. The van der Waals surface area contributed by atoms with Crippen LogP contribution in [0.5, 0.6) is 0 Å². The zero-order valence-electron chi connectivity index (χ0n) is 14.0. The smallest absolute Gasteiger partial charge is 0.257 e. The van der Waals surface area contributed by atoms with Crippen LogP contribution >= 0.6 is 0 Å². The standard InChI is InChI=1S/C22H18N2O/c1-15-14-16-8-5-6-12-19(16)22(17-9-3-2-4-10-17)20-18(11-7-13-23-20)21(25)24(15)22/h2-13,15H,14H2,1H3/t15-,22-/m0/s1. The Balaban J connectivity index is 1.96. The number of rotatable bonds is 1. The zero-order chi connectivity index (χ0) is 17.0. The third-order valence-electron chi connectivity index (χ3n) is 5.52. The minimum atomic E-state index is -0.636. The second-order valence-corrected chi connectivity index (χ2v) is 6.86. The second-order valence-electron chi connectivity index (χ2n) is 6.86. The molecule has 5 rings (SSSR count). The average Bonchev–Trinajstić information content (AvgIpc) is 2.94. The molecular weight excluding hydrogens is 308 g/mol. The SMILES string of the molecule is C[C@H]1Cc2ccccc2[C@@]2(c3ccccc3)c3ncccc3C(=O)N12. The van der Waals surface area contributed by atoms with Crippen LogP contribution in [-0.2, 0) is 12.0 Å². The van der Waals surface area contributed by atoms with Crippen LogP contribution in [0.1, 0.15) is 39.7 Å². The van der Waals surface area contributed by atoms with E-state index in [1.165, 1.54) is 11.1 Å². The molecule has 0 unspecified atom stereocenters. The van der Waals surface area contributed by atoms with Gasteiger partial charge in [0.25, 0.3) is 5.91 Å². The highest BCUT2D eigenvalue weighted by Gasteiger charge is 2.57. The van der Waals surface area contributed by atoms with Crippen molar-refractivity contribution in [3.63, 3.8) is 0 Å². The van der Waals surface area contributed by atoms with Gasteiger partial charge in [-0.15, -0.1) is 0 Å². The Labute approximate surface area is 146 Å². The highest BCUT2D eigenvalue weighted by atomic mass is 16.2. The van der Waals surface area contributed by atoms with Crippen LogP contribution in [0.25, 0.3) is 0 Å². The third kappa shape index (κ3) is 1.70. The van der Waals surface area contributed by atoms with Gasteiger partial charge in [0.15, 0.2) is 0 Å². The van der Waals surface area contributed by atoms with Crippen molar-refractivity contribution in [3.8, 4) is 0 Å². The summed E-state index contributed by atoms with van der Waals surface area (Å²) in [6.07, 6.45) is 2.66. The van der Waals surface area contributed by atoms with Crippen molar-refractivity contribution in [3.05, 3.63) is 101 Å². The lowest BCUT2D eigenvalue weighted by Crippen LogP contribution is -2.54. The van der Waals surface area contributed by atoms with E-state index in [1.807, 2.05) is 35.2 Å². The Kier molecular flexibility index (Phi) is 2.90. The van der Waals surface area contributed by atoms with Gasteiger partial charge in [-0.3, -0.25) is 9.78 Å². The van der Waals surface area contributed by atoms with Gasteiger partial charge in [-0.25, -0.2) is 0 Å². The molecule has 2 atom stereocenters. The molecule has 0 bridgehead atoms. The van der Waals surface area contributed by atoms with Crippen LogP contribution in [0.2, 0.25) is 0 Å². The fraction of sp³-hybridized carbons (Fsp3) is 0.182. The van der Waals surface area contributed by atoms with Crippen molar-refractivity contribution in [1.29, 1.82) is 0 Å². The van der Waals surface area contributed by atoms with Gasteiger partial charge >= 0.3 is 0 Å². The quantitative estimate of drug-likeness (QED) is 0.682. The van der Waals surface area contributed by atoms with Gasteiger partial charge < -0.3 is 4.90 Å². The maximum absolute atomic E-state index is 13.3. The molecule has 3 heteroatoms. The van der Waals surface area contributed by atoms with Crippen LogP contribution in [-0.4, -0.2) is 21.8 Å². The topological polar surface area (TPSA) is 33.2 Å². The fourth-order valence-corrected chi connectivity index (χ4v) is 4.62. The van der Waals surface area contributed by atoms with Gasteiger partial charge in [-0.05, 0) is 42.2 Å². The van der Waals surface area contributed by atoms with Crippen molar-refractivity contribution >= 4 is 5.91 Å². The maximum Gasteiger partial charge on any atom is 0.257 e. The molecule has 0 saturated carbocycles. The Bertz CT molecular complexity index is 982. The highest BCUT2D eigenvalue weighted by Crippen LogP contribution is 2.52. The predicted octanol–water partition coefficient (Wildman–Crippen LogP) is 3.77. The lowest BCUT2D eigenvalue weighted by atomic mass is 9.73. The van der Waals surface area contributed by atoms with Gasteiger partial charge in [0.2, 0.25) is 0 Å². The first kappa shape index (κ1) is 14.4. The molecule has 2 aromatic carbocycles. The number of nitrogens with zero attached hydrogens (tertiary/aromatic N) is 2. The molecule has 2 aliphatic heterocycles. The fourth-order valence-electron chi connectivity index (χ4n) is 4.62. The molecule has 0 spiro atoms. The number of carbonyl (C=O) groups excluding carboxylic acids is 1. The molecule has 3 aromatic rings. The third-order valence-corrected chi connectivity index (χ3v) is 5.52. The minimum Gasteiger partial charge on any atom is -0.316 e. The zero-order valence-corrected chi connectivity index (χ0v) is 14.0. The number of carbonyl (C=O) groups is 1. The molecule has 25 heavy (non-hydrogen) atoms. The summed E-state index contributed by atoms with van der Waals surface area (Å²) < 4.78 is 0. The molecule has 2 aliphatic rings. The van der Waals surface area contributed by atoms with E-state index in [0.29, 0.717) is 0 Å². The van der Waals surface area contributed by atoms with Gasteiger partial charge in [0.1, 0.15) is 5.54 Å². The number of pyridine rings is 1. The molecule has 1 amide bonds. The van der Waals surface area contributed by atoms with Crippen molar-refractivity contribution in [2.24, 2.45) is 0 Å². The van der Waals surface area contributed by atoms with Crippen LogP contribution in [0.4, 0.5) is 0 Å². The molecule has 3 heterocycles. The van der Waals surface area contributed by atoms with E-state index in [4.69, 9.17) is 4.98 Å². The van der Waals surface area contributed by atoms with Crippen molar-refractivity contribution in [2.45, 2.75) is 24.9 Å². The molecule has 0 aliphatic carbocycles. The van der Waals surface area contributed by atoms with Crippen LogP contribution < -0.4 is 0 Å². The first-order chi connectivity index (χ1) is 12.2. The lowest BCUT2D eigenvalue weighted by Gasteiger charge is -2.47. The summed E-state index contributed by atoms with van der Waals surface area (Å²) in [5.74, 6) is 0.0777. The van der Waals surface area contributed by atoms with Gasteiger partial charge in [0.05, 0.1) is 11.3 Å². The van der Waals surface area contributed by atoms with Gasteiger partial charge in [-0.2, -0.15) is 0 Å². The van der Waals surface area contributed by atoms with E-state index < -0.39 is 5.54 Å². The number of benzene rings is 2. The molecule has 0 fully saturated rings. The molecule has 0 N–H and O–H groups in total. The summed E-state index contributed by atoms with van der Waals surface area (Å²) in [5, 5.41) is 0. The van der Waals surface area contributed by atoms with Crippen molar-refractivity contribution in [2.75, 3.05) is 0 Å². The number of amides is 1. The Morgan fingerprint density at radius 2 is 1.76 bits per heavy atom. The monoisotopic (exact) mass is 326 g/mol. The number of hydrogen-bond donors (Lipinski definition) is 0. The first-order valence-corrected chi connectivity index (χ1v) is 8.67. The molecular formula is C22H18N2O. The van der Waals surface area contributed by atoms with E-state index in [0.717, 1.165) is 23.2 Å². The van der Waals surface area contributed by atoms with Crippen LogP contribution in [0.15, 0.2) is 72.9 Å². The predicted molar refractivity (Wildman–Crippen MR) is 96.3 cm³/mol. The normalized spacial score (nSPS) is 23.8. The minimum absolute atomic E-state index is 0.0777. The van der Waals surface area contributed by atoms with Gasteiger partial charge in [0, 0.05) is 12.2 Å². The van der Waals surface area contributed by atoms with E-state index in [2.05, 4.69) is 43.3 Å². The van der Waals surface area contributed by atoms with Crippen molar-refractivity contribution < 1.29 is 4.79 Å². The molecule has 0 saturated heterocycles. The second kappa shape index (κ2) is 5.03. The number of hydrogen-bond acceptors (Lipinski definition) is 2. The summed E-state index contributed by atoms with van der Waals surface area (Å²) in [5.41, 5.74) is 4.50. The number of aromatic nitrogens is 1. The Morgan fingerprint density at radius 3 is 2.60 bits per heavy atom. The molecule has 0 radical (unpaired) electrons. The molecule has 1 aromatic heterocycles. The molecule has 3 nitrogen and oxygen atoms in total. The summed E-state index contributed by atoms with van der Waals surface area (Å²) in [7, 11) is 0. The average molecular weight is 326 g/mol. The Hall–Kier alpha value is -2.94. The van der Waals surface area contributed by atoms with E-state index in [9.17, 15) is 4.79 Å². The molecule has 122 valence electrons. The highest BCUT2D eigenvalue weighted by molar-refractivity contribution is 6.01. The van der Waals surface area contributed by atoms with Crippen LogP contribution in [0.3, 0.4) is 0 Å². The summed E-state index contributed by atoms with van der Waals surface area (Å²) >= 11 is 0. The van der Waals surface area contributed by atoms with E-state index in [1.54, 1.807) is 6.20 Å². The van der Waals surface area contributed by atoms with Crippen molar-refractivity contribution in [1.82, 2.24) is 9.88 Å². The van der Waals surface area contributed by atoms with E-state index in [-0.39, 0.29) is 11.9 Å². The van der Waals surface area contributed by atoms with Gasteiger partial charge in [-0.1, -0.05) is 54.6 Å². The Morgan fingerprint density at radius 1 is 1.00 bits per heavy atom.